The van der Waals surface area contributed by atoms with Gasteiger partial charge in [-0.25, -0.2) is 0 Å². The van der Waals surface area contributed by atoms with E-state index in [0.29, 0.717) is 41.3 Å². The lowest BCUT2D eigenvalue weighted by molar-refractivity contribution is 0.287. The topological polar surface area (TPSA) is 51.8 Å². The first-order valence-corrected chi connectivity index (χ1v) is 9.12. The summed E-state index contributed by atoms with van der Waals surface area (Å²) < 4.78 is 16.5. The van der Waals surface area contributed by atoms with Gasteiger partial charge in [-0.1, -0.05) is 17.7 Å². The molecule has 0 fully saturated rings. The molecule has 0 saturated carbocycles. The zero-order valence-electron chi connectivity index (χ0n) is 15.1. The maximum absolute atomic E-state index is 6.03. The second-order valence-electron chi connectivity index (χ2n) is 5.30. The standard InChI is InChI=1S/C19H23ClN2O3S/c1-4-24-17-8-6-13(10-18(17)25-5-2)12-21-19(26)22-15-11-14(20)7-9-16(15)23-3/h6-11H,4-5,12H2,1-3H3,(H2,21,22,26). The maximum atomic E-state index is 6.03. The largest absolute Gasteiger partial charge is 0.495 e. The fourth-order valence-corrected chi connectivity index (χ4v) is 2.69. The number of hydrogen-bond acceptors (Lipinski definition) is 4. The number of anilines is 1. The summed E-state index contributed by atoms with van der Waals surface area (Å²) in [7, 11) is 1.60. The van der Waals surface area contributed by atoms with Crippen LogP contribution < -0.4 is 24.8 Å². The number of halogens is 1. The number of hydrogen-bond donors (Lipinski definition) is 2. The Labute approximate surface area is 164 Å². The first-order chi connectivity index (χ1) is 12.6. The normalized spacial score (nSPS) is 10.2. The third kappa shape index (κ3) is 5.68. The molecule has 0 amide bonds. The lowest BCUT2D eigenvalue weighted by Gasteiger charge is -2.15. The fraction of sp³-hybridized carbons (Fsp3) is 0.316. The SMILES string of the molecule is CCOc1ccc(CNC(=S)Nc2cc(Cl)ccc2OC)cc1OCC. The van der Waals surface area contributed by atoms with Crippen LogP contribution in [0.4, 0.5) is 5.69 Å². The van der Waals surface area contributed by atoms with Gasteiger partial charge in [-0.15, -0.1) is 0 Å². The van der Waals surface area contributed by atoms with E-state index in [-0.39, 0.29) is 0 Å². The molecule has 0 heterocycles. The highest BCUT2D eigenvalue weighted by atomic mass is 35.5. The Morgan fingerprint density at radius 2 is 1.69 bits per heavy atom. The summed E-state index contributed by atoms with van der Waals surface area (Å²) >= 11 is 11.4. The van der Waals surface area contributed by atoms with Gasteiger partial charge in [0.25, 0.3) is 0 Å². The van der Waals surface area contributed by atoms with Gasteiger partial charge in [-0.2, -0.15) is 0 Å². The molecule has 2 aromatic carbocycles. The predicted molar refractivity (Wildman–Crippen MR) is 110 cm³/mol. The number of ether oxygens (including phenoxy) is 3. The summed E-state index contributed by atoms with van der Waals surface area (Å²) in [4.78, 5) is 0. The summed E-state index contributed by atoms with van der Waals surface area (Å²) in [5.74, 6) is 2.13. The van der Waals surface area contributed by atoms with E-state index in [1.165, 1.54) is 0 Å². The summed E-state index contributed by atoms with van der Waals surface area (Å²) in [5.41, 5.74) is 1.73. The van der Waals surface area contributed by atoms with Gasteiger partial charge >= 0.3 is 0 Å². The number of methoxy groups -OCH3 is 1. The molecule has 2 aromatic rings. The van der Waals surface area contributed by atoms with Crippen molar-refractivity contribution in [3.63, 3.8) is 0 Å². The second kappa shape index (κ2) is 10.1. The molecule has 0 aliphatic heterocycles. The zero-order chi connectivity index (χ0) is 18.9. The predicted octanol–water partition coefficient (Wildman–Crippen LogP) is 4.63. The molecule has 0 saturated heterocycles. The third-order valence-corrected chi connectivity index (χ3v) is 3.95. The highest BCUT2D eigenvalue weighted by Crippen LogP contribution is 2.29. The van der Waals surface area contributed by atoms with E-state index in [4.69, 9.17) is 38.0 Å². The van der Waals surface area contributed by atoms with Crippen LogP contribution in [0.5, 0.6) is 17.2 Å². The minimum atomic E-state index is 0.470. The van der Waals surface area contributed by atoms with E-state index in [1.54, 1.807) is 25.3 Å². The Kier molecular flexibility index (Phi) is 7.81. The van der Waals surface area contributed by atoms with Crippen molar-refractivity contribution in [2.24, 2.45) is 0 Å². The van der Waals surface area contributed by atoms with Gasteiger partial charge in [-0.05, 0) is 62.0 Å². The molecule has 0 atom stereocenters. The Balaban J connectivity index is 2.01. The number of rotatable bonds is 8. The van der Waals surface area contributed by atoms with E-state index < -0.39 is 0 Å². The summed E-state index contributed by atoms with van der Waals surface area (Å²) in [6.45, 7) is 5.59. The molecule has 0 aliphatic carbocycles. The first-order valence-electron chi connectivity index (χ1n) is 8.34. The van der Waals surface area contributed by atoms with Gasteiger partial charge in [0, 0.05) is 11.6 Å². The molecular weight excluding hydrogens is 372 g/mol. The molecule has 5 nitrogen and oxygen atoms in total. The van der Waals surface area contributed by atoms with Crippen LogP contribution in [-0.4, -0.2) is 25.4 Å². The number of thiocarbonyl (C=S) groups is 1. The van der Waals surface area contributed by atoms with Crippen molar-refractivity contribution in [2.45, 2.75) is 20.4 Å². The molecule has 26 heavy (non-hydrogen) atoms. The van der Waals surface area contributed by atoms with Crippen LogP contribution in [0, 0.1) is 0 Å². The fourth-order valence-electron chi connectivity index (χ4n) is 2.33. The van der Waals surface area contributed by atoms with E-state index in [1.807, 2.05) is 32.0 Å². The molecule has 0 unspecified atom stereocenters. The Bertz CT molecular complexity index is 756. The molecule has 2 N–H and O–H groups in total. The molecule has 0 spiro atoms. The van der Waals surface area contributed by atoms with Crippen LogP contribution in [0.2, 0.25) is 5.02 Å². The van der Waals surface area contributed by atoms with Crippen LogP contribution in [0.1, 0.15) is 19.4 Å². The lowest BCUT2D eigenvalue weighted by Crippen LogP contribution is -2.28. The van der Waals surface area contributed by atoms with Crippen LogP contribution in [0.25, 0.3) is 0 Å². The highest BCUT2D eigenvalue weighted by Gasteiger charge is 2.08. The van der Waals surface area contributed by atoms with Crippen molar-refractivity contribution < 1.29 is 14.2 Å². The van der Waals surface area contributed by atoms with Crippen molar-refractivity contribution in [3.8, 4) is 17.2 Å². The quantitative estimate of drug-likeness (QED) is 0.636. The van der Waals surface area contributed by atoms with Crippen LogP contribution >= 0.6 is 23.8 Å². The zero-order valence-corrected chi connectivity index (χ0v) is 16.7. The van der Waals surface area contributed by atoms with E-state index in [2.05, 4.69) is 10.6 Å². The minimum Gasteiger partial charge on any atom is -0.495 e. The monoisotopic (exact) mass is 394 g/mol. The van der Waals surface area contributed by atoms with E-state index >= 15 is 0 Å². The summed E-state index contributed by atoms with van der Waals surface area (Å²) in [5, 5.41) is 7.33. The Hall–Kier alpha value is -2.18. The second-order valence-corrected chi connectivity index (χ2v) is 6.14. The molecule has 0 bridgehead atoms. The van der Waals surface area contributed by atoms with Gasteiger partial charge in [-0.3, -0.25) is 0 Å². The van der Waals surface area contributed by atoms with Gasteiger partial charge in [0.1, 0.15) is 5.75 Å². The minimum absolute atomic E-state index is 0.470. The van der Waals surface area contributed by atoms with Crippen molar-refractivity contribution in [1.29, 1.82) is 0 Å². The number of benzene rings is 2. The molecule has 0 aromatic heterocycles. The van der Waals surface area contributed by atoms with Gasteiger partial charge in [0.15, 0.2) is 16.6 Å². The van der Waals surface area contributed by atoms with Crippen molar-refractivity contribution in [2.75, 3.05) is 25.6 Å². The maximum Gasteiger partial charge on any atom is 0.171 e. The molecular formula is C19H23ClN2O3S. The van der Waals surface area contributed by atoms with Crippen molar-refractivity contribution in [3.05, 3.63) is 47.0 Å². The highest BCUT2D eigenvalue weighted by molar-refractivity contribution is 7.80. The average molecular weight is 395 g/mol. The smallest absolute Gasteiger partial charge is 0.171 e. The third-order valence-electron chi connectivity index (χ3n) is 3.47. The average Bonchev–Trinajstić information content (AvgIpc) is 2.62. The molecule has 0 aliphatic rings. The summed E-state index contributed by atoms with van der Waals surface area (Å²) in [6.07, 6.45) is 0. The van der Waals surface area contributed by atoms with Crippen LogP contribution in [0.3, 0.4) is 0 Å². The number of nitrogens with one attached hydrogen (secondary N) is 2. The van der Waals surface area contributed by atoms with Gasteiger partial charge in [0.05, 0.1) is 26.0 Å². The van der Waals surface area contributed by atoms with Crippen molar-refractivity contribution in [1.82, 2.24) is 5.32 Å². The summed E-state index contributed by atoms with van der Waals surface area (Å²) in [6, 6.07) is 11.1. The van der Waals surface area contributed by atoms with Crippen molar-refractivity contribution >= 4 is 34.6 Å². The van der Waals surface area contributed by atoms with Crippen LogP contribution in [0.15, 0.2) is 36.4 Å². The Morgan fingerprint density at radius 3 is 2.38 bits per heavy atom. The lowest BCUT2D eigenvalue weighted by atomic mass is 10.2. The molecule has 2 rings (SSSR count). The van der Waals surface area contributed by atoms with Gasteiger partial charge in [0.2, 0.25) is 0 Å². The van der Waals surface area contributed by atoms with E-state index in [9.17, 15) is 0 Å². The first kappa shape index (κ1) is 20.1. The molecule has 0 radical (unpaired) electrons. The van der Waals surface area contributed by atoms with E-state index in [0.717, 1.165) is 17.1 Å². The molecule has 7 heteroatoms. The van der Waals surface area contributed by atoms with Gasteiger partial charge < -0.3 is 24.8 Å². The molecule has 140 valence electrons. The van der Waals surface area contributed by atoms with Crippen LogP contribution in [-0.2, 0) is 6.54 Å². The Morgan fingerprint density at radius 1 is 1.00 bits per heavy atom.